The summed E-state index contributed by atoms with van der Waals surface area (Å²) < 4.78 is 57.9. The predicted octanol–water partition coefficient (Wildman–Crippen LogP) is 0.901. The molecule has 0 fully saturated rings. The van der Waals surface area contributed by atoms with Crippen molar-refractivity contribution in [3.63, 3.8) is 0 Å². The largest absolute Gasteiger partial charge is 0.393 e. The zero-order valence-electron chi connectivity index (χ0n) is 8.25. The topological polar surface area (TPSA) is 60.2 Å². The number of hydrogen-bond acceptors (Lipinski definition) is 4. The quantitative estimate of drug-likeness (QED) is 0.725. The molecule has 0 radical (unpaired) electrons. The van der Waals surface area contributed by atoms with E-state index in [1.165, 1.54) is 0 Å². The van der Waals surface area contributed by atoms with Crippen LogP contribution in [-0.4, -0.2) is 44.7 Å². The molecule has 0 aliphatic rings. The van der Waals surface area contributed by atoms with Crippen LogP contribution < -0.4 is 5.73 Å². The average Bonchev–Trinajstić information content (AvgIpc) is 1.99. The normalized spacial score (nSPS) is 15.3. The number of rotatable bonds is 6. The van der Waals surface area contributed by atoms with Gasteiger partial charge in [-0.05, 0) is 0 Å². The van der Waals surface area contributed by atoms with Gasteiger partial charge in [0.05, 0.1) is 11.7 Å². The van der Waals surface area contributed by atoms with E-state index < -0.39 is 28.5 Å². The van der Waals surface area contributed by atoms with Crippen LogP contribution in [0.3, 0.4) is 0 Å². The maximum absolute atomic E-state index is 12.2. The van der Waals surface area contributed by atoms with Gasteiger partial charge in [0.1, 0.15) is 9.84 Å². The van der Waals surface area contributed by atoms with Gasteiger partial charge in [0.15, 0.2) is 0 Å². The van der Waals surface area contributed by atoms with Crippen molar-refractivity contribution in [1.29, 1.82) is 0 Å². The summed E-state index contributed by atoms with van der Waals surface area (Å²) in [6.07, 6.45) is -3.25. The highest BCUT2D eigenvalue weighted by Crippen LogP contribution is 2.28. The number of hydrogen-bond donors (Lipinski definition) is 1. The molecule has 0 amide bonds. The van der Waals surface area contributed by atoms with Crippen LogP contribution >= 0.6 is 11.8 Å². The van der Waals surface area contributed by atoms with Gasteiger partial charge in [0.25, 0.3) is 0 Å². The molecule has 15 heavy (non-hydrogen) atoms. The monoisotopic (exact) mass is 265 g/mol. The minimum absolute atomic E-state index is 0.104. The maximum atomic E-state index is 12.2. The lowest BCUT2D eigenvalue weighted by atomic mass is 10.2. The Balaban J connectivity index is 3.85. The first-order valence-electron chi connectivity index (χ1n) is 4.19. The van der Waals surface area contributed by atoms with Crippen LogP contribution in [0.5, 0.6) is 0 Å². The zero-order valence-corrected chi connectivity index (χ0v) is 9.88. The highest BCUT2D eigenvalue weighted by Gasteiger charge is 2.38. The SMILES string of the molecule is CS(=O)(=O)CCSCC(CN)C(F)(F)F. The van der Waals surface area contributed by atoms with Crippen molar-refractivity contribution in [1.82, 2.24) is 0 Å². The molecular weight excluding hydrogens is 251 g/mol. The number of alkyl halides is 3. The second kappa shape index (κ2) is 5.95. The second-order valence-electron chi connectivity index (χ2n) is 3.18. The van der Waals surface area contributed by atoms with Gasteiger partial charge in [-0.2, -0.15) is 24.9 Å². The summed E-state index contributed by atoms with van der Waals surface area (Å²) in [6.45, 7) is -0.463. The molecule has 0 spiro atoms. The Hall–Kier alpha value is 0.0500. The van der Waals surface area contributed by atoms with Gasteiger partial charge in [0.2, 0.25) is 0 Å². The molecule has 8 heteroatoms. The number of sulfone groups is 1. The Bertz CT molecular complexity index is 276. The van der Waals surface area contributed by atoms with Crippen LogP contribution in [0.15, 0.2) is 0 Å². The van der Waals surface area contributed by atoms with E-state index in [9.17, 15) is 21.6 Å². The van der Waals surface area contributed by atoms with E-state index in [4.69, 9.17) is 5.73 Å². The van der Waals surface area contributed by atoms with Crippen molar-refractivity contribution in [3.05, 3.63) is 0 Å². The summed E-state index contributed by atoms with van der Waals surface area (Å²) in [5.74, 6) is -1.67. The first-order valence-corrected chi connectivity index (χ1v) is 7.40. The third kappa shape index (κ3) is 7.92. The molecule has 0 saturated carbocycles. The molecule has 1 unspecified atom stereocenters. The molecule has 1 atom stereocenters. The standard InChI is InChI=1S/C7H14F3NO2S2/c1-15(12,13)3-2-14-5-6(4-11)7(8,9)10/h6H,2-5,11H2,1H3. The summed E-state index contributed by atoms with van der Waals surface area (Å²) in [7, 11) is -3.10. The van der Waals surface area contributed by atoms with E-state index in [1.54, 1.807) is 0 Å². The minimum Gasteiger partial charge on any atom is -0.330 e. The fourth-order valence-corrected chi connectivity index (χ4v) is 3.19. The van der Waals surface area contributed by atoms with Gasteiger partial charge in [0, 0.05) is 24.3 Å². The lowest BCUT2D eigenvalue weighted by Gasteiger charge is -2.17. The molecule has 0 aromatic heterocycles. The van der Waals surface area contributed by atoms with Crippen LogP contribution in [0.1, 0.15) is 0 Å². The molecular formula is C7H14F3NO2S2. The van der Waals surface area contributed by atoms with Gasteiger partial charge >= 0.3 is 6.18 Å². The molecule has 0 rings (SSSR count). The van der Waals surface area contributed by atoms with E-state index in [2.05, 4.69) is 0 Å². The van der Waals surface area contributed by atoms with E-state index in [0.29, 0.717) is 0 Å². The lowest BCUT2D eigenvalue weighted by Crippen LogP contribution is -2.32. The van der Waals surface area contributed by atoms with Crippen molar-refractivity contribution in [2.24, 2.45) is 11.7 Å². The molecule has 0 aromatic rings. The second-order valence-corrected chi connectivity index (χ2v) is 6.59. The van der Waals surface area contributed by atoms with Crippen LogP contribution in [0.2, 0.25) is 0 Å². The average molecular weight is 265 g/mol. The van der Waals surface area contributed by atoms with Crippen LogP contribution in [0.4, 0.5) is 13.2 Å². The van der Waals surface area contributed by atoms with Gasteiger partial charge in [-0.25, -0.2) is 8.42 Å². The van der Waals surface area contributed by atoms with Crippen molar-refractivity contribution in [2.45, 2.75) is 6.18 Å². The van der Waals surface area contributed by atoms with Gasteiger partial charge in [-0.15, -0.1) is 0 Å². The molecule has 2 N–H and O–H groups in total. The van der Waals surface area contributed by atoms with Gasteiger partial charge in [-0.3, -0.25) is 0 Å². The van der Waals surface area contributed by atoms with E-state index in [0.717, 1.165) is 18.0 Å². The molecule has 0 bridgehead atoms. The molecule has 3 nitrogen and oxygen atoms in total. The zero-order chi connectivity index (χ0) is 12.1. The smallest absolute Gasteiger partial charge is 0.330 e. The fraction of sp³-hybridized carbons (Fsp3) is 1.00. The molecule has 0 aliphatic carbocycles. The highest BCUT2D eigenvalue weighted by atomic mass is 32.2. The minimum atomic E-state index is -4.30. The van der Waals surface area contributed by atoms with Gasteiger partial charge in [-0.1, -0.05) is 0 Å². The summed E-state index contributed by atoms with van der Waals surface area (Å²) in [4.78, 5) is 0. The fourth-order valence-electron chi connectivity index (χ4n) is 0.732. The Morgan fingerprint density at radius 1 is 1.40 bits per heavy atom. The van der Waals surface area contributed by atoms with E-state index in [-0.39, 0.29) is 17.3 Å². The Labute approximate surface area is 91.5 Å². The Morgan fingerprint density at radius 3 is 2.27 bits per heavy atom. The number of thioether (sulfide) groups is 1. The highest BCUT2D eigenvalue weighted by molar-refractivity contribution is 8.00. The van der Waals surface area contributed by atoms with Crippen molar-refractivity contribution < 1.29 is 21.6 Å². The Kier molecular flexibility index (Phi) is 5.97. The first kappa shape index (κ1) is 15.0. The third-order valence-electron chi connectivity index (χ3n) is 1.66. The van der Waals surface area contributed by atoms with E-state index >= 15 is 0 Å². The summed E-state index contributed by atoms with van der Waals surface area (Å²) in [6, 6.07) is 0. The predicted molar refractivity (Wildman–Crippen MR) is 55.6 cm³/mol. The number of halogens is 3. The summed E-state index contributed by atoms with van der Waals surface area (Å²) >= 11 is 0.961. The van der Waals surface area contributed by atoms with Crippen molar-refractivity contribution >= 4 is 21.6 Å². The Morgan fingerprint density at radius 2 is 1.93 bits per heavy atom. The molecule has 0 saturated heterocycles. The van der Waals surface area contributed by atoms with Crippen molar-refractivity contribution in [2.75, 3.05) is 30.1 Å². The van der Waals surface area contributed by atoms with E-state index in [1.807, 2.05) is 0 Å². The number of nitrogens with two attached hydrogens (primary N) is 1. The lowest BCUT2D eigenvalue weighted by molar-refractivity contribution is -0.165. The molecule has 92 valence electrons. The van der Waals surface area contributed by atoms with Gasteiger partial charge < -0.3 is 5.73 Å². The summed E-state index contributed by atoms with van der Waals surface area (Å²) in [5, 5.41) is 0. The third-order valence-corrected chi connectivity index (χ3v) is 4.00. The first-order chi connectivity index (χ1) is 6.67. The molecule has 0 aromatic carbocycles. The molecule has 0 aliphatic heterocycles. The van der Waals surface area contributed by atoms with Crippen LogP contribution in [0, 0.1) is 5.92 Å². The van der Waals surface area contributed by atoms with Crippen LogP contribution in [0.25, 0.3) is 0 Å². The van der Waals surface area contributed by atoms with Crippen molar-refractivity contribution in [3.8, 4) is 0 Å². The van der Waals surface area contributed by atoms with Crippen LogP contribution in [-0.2, 0) is 9.84 Å². The molecule has 0 heterocycles. The summed E-state index contributed by atoms with van der Waals surface area (Å²) in [5.41, 5.74) is 4.98. The maximum Gasteiger partial charge on any atom is 0.393 e.